The monoisotopic (exact) mass is 327 g/mol. The number of amides is 2. The molecule has 7 heteroatoms. The van der Waals surface area contributed by atoms with Crippen LogP contribution in [0.4, 0.5) is 0 Å². The number of methoxy groups -OCH3 is 1. The van der Waals surface area contributed by atoms with Gasteiger partial charge in [0.15, 0.2) is 0 Å². The Kier molecular flexibility index (Phi) is 4.90. The highest BCUT2D eigenvalue weighted by Gasteiger charge is 2.43. The molecule has 112 valence electrons. The summed E-state index contributed by atoms with van der Waals surface area (Å²) in [6, 6.07) is 5.46. The van der Waals surface area contributed by atoms with Crippen molar-refractivity contribution in [3.8, 4) is 0 Å². The molecule has 0 aliphatic carbocycles. The van der Waals surface area contributed by atoms with E-state index in [1.807, 2.05) is 0 Å². The van der Waals surface area contributed by atoms with E-state index in [9.17, 15) is 14.4 Å². The van der Waals surface area contributed by atoms with Crippen LogP contribution < -0.4 is 0 Å². The zero-order valence-corrected chi connectivity index (χ0v) is 13.1. The first kappa shape index (κ1) is 15.9. The van der Waals surface area contributed by atoms with Crippen molar-refractivity contribution in [3.63, 3.8) is 0 Å². The Morgan fingerprint density at radius 3 is 2.24 bits per heavy atom. The summed E-state index contributed by atoms with van der Waals surface area (Å²) in [5.41, 5.74) is 0.596. The van der Waals surface area contributed by atoms with Crippen LogP contribution in [0.3, 0.4) is 0 Å². The number of halogens is 1. The summed E-state index contributed by atoms with van der Waals surface area (Å²) in [5, 5.41) is 0. The average molecular weight is 328 g/mol. The number of carbonyl (C=O) groups is 3. The van der Waals surface area contributed by atoms with E-state index in [4.69, 9.17) is 16.3 Å². The summed E-state index contributed by atoms with van der Waals surface area (Å²) in [6.45, 7) is 0. The third kappa shape index (κ3) is 2.91. The number of imide groups is 1. The molecular weight excluding hydrogens is 314 g/mol. The number of nitrogens with zero attached hydrogens (tertiary/aromatic N) is 1. The molecule has 1 heterocycles. The normalized spacial score (nSPS) is 16.6. The second-order valence-electron chi connectivity index (χ2n) is 4.45. The summed E-state index contributed by atoms with van der Waals surface area (Å²) in [7, 11) is 1.22. The van der Waals surface area contributed by atoms with Gasteiger partial charge in [-0.15, -0.1) is 23.4 Å². The highest BCUT2D eigenvalue weighted by atomic mass is 35.5. The number of rotatable bonds is 5. The maximum Gasteiger partial charge on any atom is 0.329 e. The predicted octanol–water partition coefficient (Wildman–Crippen LogP) is 2.14. The lowest BCUT2D eigenvalue weighted by molar-refractivity contribution is -0.145. The number of fused-ring (bicyclic) bond motifs is 1. The third-order valence-corrected chi connectivity index (χ3v) is 4.69. The lowest BCUT2D eigenvalue weighted by Gasteiger charge is -2.25. The number of esters is 1. The van der Waals surface area contributed by atoms with Gasteiger partial charge in [-0.25, -0.2) is 4.79 Å². The second-order valence-corrected chi connectivity index (χ2v) is 6.27. The molecule has 0 saturated carbocycles. The van der Waals surface area contributed by atoms with E-state index in [0.717, 1.165) is 4.90 Å². The molecule has 1 aromatic rings. The quantitative estimate of drug-likeness (QED) is 0.471. The molecule has 0 N–H and O–H groups in total. The van der Waals surface area contributed by atoms with Gasteiger partial charge < -0.3 is 4.74 Å². The molecule has 0 fully saturated rings. The van der Waals surface area contributed by atoms with Gasteiger partial charge in [-0.05, 0) is 18.4 Å². The second kappa shape index (κ2) is 6.49. The molecule has 0 aromatic heterocycles. The van der Waals surface area contributed by atoms with Crippen molar-refractivity contribution in [2.75, 3.05) is 13.4 Å². The van der Waals surface area contributed by atoms with Gasteiger partial charge in [-0.1, -0.05) is 12.1 Å². The minimum Gasteiger partial charge on any atom is -0.467 e. The standard InChI is InChI=1S/C14H14ClNO4S/c1-20-14(19)10(7-11(15)21-2)16-12(17)8-5-3-4-6-9(8)13(16)18/h3-6,10-11H,7H2,1-2H3/t10-,11?/m0/s1. The van der Waals surface area contributed by atoms with Crippen LogP contribution >= 0.6 is 23.4 Å². The fraction of sp³-hybridized carbons (Fsp3) is 0.357. The molecule has 2 amide bonds. The number of ether oxygens (including phenoxy) is 1. The number of alkyl halides is 1. The van der Waals surface area contributed by atoms with Crippen molar-refractivity contribution >= 4 is 41.1 Å². The molecule has 2 atom stereocenters. The molecule has 0 bridgehead atoms. The van der Waals surface area contributed by atoms with Gasteiger partial charge in [0.2, 0.25) is 0 Å². The zero-order valence-electron chi connectivity index (χ0n) is 11.5. The first-order valence-electron chi connectivity index (χ1n) is 6.22. The Labute approximate surface area is 131 Å². The summed E-state index contributed by atoms with van der Waals surface area (Å²) >= 11 is 7.39. The Bertz CT molecular complexity index is 557. The largest absolute Gasteiger partial charge is 0.467 e. The van der Waals surface area contributed by atoms with Crippen molar-refractivity contribution < 1.29 is 19.1 Å². The molecule has 0 spiro atoms. The van der Waals surface area contributed by atoms with E-state index in [2.05, 4.69) is 0 Å². The lowest BCUT2D eigenvalue weighted by atomic mass is 10.1. The van der Waals surface area contributed by atoms with Crippen LogP contribution in [-0.2, 0) is 9.53 Å². The van der Waals surface area contributed by atoms with Crippen LogP contribution in [-0.4, -0.2) is 46.8 Å². The van der Waals surface area contributed by atoms with E-state index >= 15 is 0 Å². The van der Waals surface area contributed by atoms with Crippen LogP contribution in [0.25, 0.3) is 0 Å². The maximum atomic E-state index is 12.4. The highest BCUT2D eigenvalue weighted by molar-refractivity contribution is 8.00. The molecule has 0 saturated heterocycles. The Hall–Kier alpha value is -1.53. The summed E-state index contributed by atoms with van der Waals surface area (Å²) in [4.78, 5) is 37.7. The number of carbonyl (C=O) groups excluding carboxylic acids is 3. The van der Waals surface area contributed by atoms with Crippen molar-refractivity contribution in [1.29, 1.82) is 0 Å². The smallest absolute Gasteiger partial charge is 0.329 e. The molecule has 0 radical (unpaired) electrons. The molecule has 5 nitrogen and oxygen atoms in total. The Morgan fingerprint density at radius 1 is 1.29 bits per heavy atom. The van der Waals surface area contributed by atoms with Gasteiger partial charge >= 0.3 is 5.97 Å². The van der Waals surface area contributed by atoms with Crippen LogP contribution in [0.5, 0.6) is 0 Å². The van der Waals surface area contributed by atoms with Crippen molar-refractivity contribution in [2.45, 2.75) is 17.2 Å². The number of hydrogen-bond donors (Lipinski definition) is 0. The zero-order chi connectivity index (χ0) is 15.6. The van der Waals surface area contributed by atoms with E-state index < -0.39 is 28.5 Å². The fourth-order valence-electron chi connectivity index (χ4n) is 2.21. The van der Waals surface area contributed by atoms with Crippen molar-refractivity contribution in [2.24, 2.45) is 0 Å². The molecule has 2 rings (SSSR count). The van der Waals surface area contributed by atoms with Gasteiger partial charge in [-0.3, -0.25) is 14.5 Å². The molecule has 1 aliphatic heterocycles. The third-order valence-electron chi connectivity index (χ3n) is 3.27. The van der Waals surface area contributed by atoms with Crippen LogP contribution in [0.1, 0.15) is 27.1 Å². The Balaban J connectivity index is 2.36. The molecular formula is C14H14ClNO4S. The number of benzene rings is 1. The summed E-state index contributed by atoms with van der Waals surface area (Å²) < 4.78 is 4.31. The number of thioether (sulfide) groups is 1. The Morgan fingerprint density at radius 2 is 1.81 bits per heavy atom. The van der Waals surface area contributed by atoms with Gasteiger partial charge in [0, 0.05) is 6.42 Å². The van der Waals surface area contributed by atoms with E-state index in [0.29, 0.717) is 11.1 Å². The first-order chi connectivity index (χ1) is 10.0. The first-order valence-corrected chi connectivity index (χ1v) is 7.95. The molecule has 1 aromatic carbocycles. The molecule has 1 aliphatic rings. The maximum absolute atomic E-state index is 12.4. The highest BCUT2D eigenvalue weighted by Crippen LogP contribution is 2.29. The van der Waals surface area contributed by atoms with Crippen LogP contribution in [0.2, 0.25) is 0 Å². The lowest BCUT2D eigenvalue weighted by Crippen LogP contribution is -2.46. The van der Waals surface area contributed by atoms with E-state index in [-0.39, 0.29) is 6.42 Å². The number of hydrogen-bond acceptors (Lipinski definition) is 5. The SMILES string of the molecule is COC(=O)[C@H](CC(Cl)SC)N1C(=O)c2ccccc2C1=O. The summed E-state index contributed by atoms with van der Waals surface area (Å²) in [5.74, 6) is -1.63. The minimum atomic E-state index is -1.02. The van der Waals surface area contributed by atoms with E-state index in [1.165, 1.54) is 18.9 Å². The average Bonchev–Trinajstić information content (AvgIpc) is 2.76. The van der Waals surface area contributed by atoms with E-state index in [1.54, 1.807) is 30.5 Å². The predicted molar refractivity (Wildman–Crippen MR) is 80.5 cm³/mol. The van der Waals surface area contributed by atoms with Crippen molar-refractivity contribution in [3.05, 3.63) is 35.4 Å². The summed E-state index contributed by atoms with van der Waals surface area (Å²) in [6.07, 6.45) is 1.93. The van der Waals surface area contributed by atoms with Gasteiger partial charge in [0.1, 0.15) is 6.04 Å². The van der Waals surface area contributed by atoms with Crippen molar-refractivity contribution in [1.82, 2.24) is 4.90 Å². The molecule has 21 heavy (non-hydrogen) atoms. The fourth-order valence-corrected chi connectivity index (χ4v) is 2.75. The van der Waals surface area contributed by atoms with Crippen LogP contribution in [0, 0.1) is 0 Å². The van der Waals surface area contributed by atoms with Gasteiger partial charge in [0.25, 0.3) is 11.8 Å². The van der Waals surface area contributed by atoms with Crippen LogP contribution in [0.15, 0.2) is 24.3 Å². The van der Waals surface area contributed by atoms with Gasteiger partial charge in [-0.2, -0.15) is 0 Å². The van der Waals surface area contributed by atoms with Gasteiger partial charge in [0.05, 0.1) is 22.9 Å². The molecule has 1 unspecified atom stereocenters. The minimum absolute atomic E-state index is 0.140. The topological polar surface area (TPSA) is 63.7 Å².